The van der Waals surface area contributed by atoms with Crippen LogP contribution in [-0.4, -0.2) is 18.8 Å². The Balaban J connectivity index is 2.09. The minimum atomic E-state index is -3.99. The summed E-state index contributed by atoms with van der Waals surface area (Å²) in [5.41, 5.74) is 0. The molecule has 3 atom stereocenters. The second-order valence-corrected chi connectivity index (χ2v) is 5.53. The molecule has 0 heterocycles. The lowest BCUT2D eigenvalue weighted by molar-refractivity contribution is -0.135. The van der Waals surface area contributed by atoms with Crippen molar-refractivity contribution in [2.45, 2.75) is 64.6 Å². The zero-order chi connectivity index (χ0) is 12.9. The van der Waals surface area contributed by atoms with Gasteiger partial charge in [-0.2, -0.15) is 13.2 Å². The highest BCUT2D eigenvalue weighted by Crippen LogP contribution is 2.28. The summed E-state index contributed by atoms with van der Waals surface area (Å²) < 4.78 is 35.8. The van der Waals surface area contributed by atoms with Crippen LogP contribution in [-0.2, 0) is 0 Å². The Labute approximate surface area is 102 Å². The van der Waals surface area contributed by atoms with Crippen molar-refractivity contribution in [2.75, 3.05) is 6.54 Å². The molecule has 1 saturated carbocycles. The molecule has 1 nitrogen and oxygen atoms in total. The minimum Gasteiger partial charge on any atom is -0.314 e. The lowest BCUT2D eigenvalue weighted by Crippen LogP contribution is -2.39. The predicted octanol–water partition coefficient (Wildman–Crippen LogP) is 4.13. The van der Waals surface area contributed by atoms with Crippen LogP contribution in [0.3, 0.4) is 0 Å². The van der Waals surface area contributed by atoms with Gasteiger partial charge in [-0.3, -0.25) is 0 Å². The second kappa shape index (κ2) is 6.62. The van der Waals surface area contributed by atoms with Crippen molar-refractivity contribution < 1.29 is 13.2 Å². The fraction of sp³-hybridized carbons (Fsp3) is 1.00. The zero-order valence-corrected chi connectivity index (χ0v) is 10.8. The lowest BCUT2D eigenvalue weighted by atomic mass is 9.80. The number of rotatable bonds is 5. The number of hydrogen-bond acceptors (Lipinski definition) is 1. The van der Waals surface area contributed by atoms with E-state index < -0.39 is 12.6 Å². The average Bonchev–Trinajstić information content (AvgIpc) is 2.21. The van der Waals surface area contributed by atoms with E-state index in [-0.39, 0.29) is 6.42 Å². The molecule has 1 aliphatic rings. The van der Waals surface area contributed by atoms with Crippen LogP contribution in [0.4, 0.5) is 13.2 Å². The Kier molecular flexibility index (Phi) is 5.77. The van der Waals surface area contributed by atoms with E-state index in [1.54, 1.807) is 0 Å². The van der Waals surface area contributed by atoms with Crippen LogP contribution < -0.4 is 5.32 Å². The first-order chi connectivity index (χ1) is 7.88. The van der Waals surface area contributed by atoms with Gasteiger partial charge in [0.05, 0.1) is 0 Å². The molecule has 0 aromatic heterocycles. The lowest BCUT2D eigenvalue weighted by Gasteiger charge is -2.33. The number of alkyl halides is 3. The third-order valence-electron chi connectivity index (χ3n) is 3.75. The van der Waals surface area contributed by atoms with Gasteiger partial charge in [-0.05, 0) is 44.1 Å². The number of halogens is 3. The van der Waals surface area contributed by atoms with Gasteiger partial charge in [0.15, 0.2) is 0 Å². The maximum atomic E-state index is 11.9. The van der Waals surface area contributed by atoms with Gasteiger partial charge >= 0.3 is 6.18 Å². The maximum Gasteiger partial charge on any atom is 0.389 e. The molecular formula is C13H24F3N. The van der Waals surface area contributed by atoms with E-state index in [1.165, 1.54) is 19.3 Å². The van der Waals surface area contributed by atoms with Crippen molar-refractivity contribution in [3.8, 4) is 0 Å². The topological polar surface area (TPSA) is 12.0 Å². The summed E-state index contributed by atoms with van der Waals surface area (Å²) in [6.07, 6.45) is -0.0859. The van der Waals surface area contributed by atoms with Crippen molar-refractivity contribution in [3.63, 3.8) is 0 Å². The number of nitrogens with one attached hydrogen (secondary N) is 1. The fourth-order valence-corrected chi connectivity index (χ4v) is 2.55. The molecular weight excluding hydrogens is 227 g/mol. The van der Waals surface area contributed by atoms with Crippen molar-refractivity contribution in [1.82, 2.24) is 5.32 Å². The van der Waals surface area contributed by atoms with Crippen molar-refractivity contribution in [3.05, 3.63) is 0 Å². The quantitative estimate of drug-likeness (QED) is 0.724. The van der Waals surface area contributed by atoms with E-state index in [0.717, 1.165) is 12.5 Å². The molecule has 0 saturated heterocycles. The molecule has 0 amide bonds. The van der Waals surface area contributed by atoms with Crippen LogP contribution in [0.15, 0.2) is 0 Å². The second-order valence-electron chi connectivity index (χ2n) is 5.53. The highest BCUT2D eigenvalue weighted by Gasteiger charge is 2.27. The Hall–Kier alpha value is -0.250. The smallest absolute Gasteiger partial charge is 0.314 e. The Morgan fingerprint density at radius 3 is 2.47 bits per heavy atom. The Morgan fingerprint density at radius 2 is 1.82 bits per heavy atom. The Bertz CT molecular complexity index is 215. The normalized spacial score (nSPS) is 30.5. The summed E-state index contributed by atoms with van der Waals surface area (Å²) >= 11 is 0. The summed E-state index contributed by atoms with van der Waals surface area (Å²) in [5, 5.41) is 3.42. The van der Waals surface area contributed by atoms with Gasteiger partial charge in [0.2, 0.25) is 0 Å². The van der Waals surface area contributed by atoms with Crippen LogP contribution in [0.25, 0.3) is 0 Å². The third kappa shape index (κ3) is 6.29. The average molecular weight is 251 g/mol. The van der Waals surface area contributed by atoms with Gasteiger partial charge in [0.1, 0.15) is 0 Å². The summed E-state index contributed by atoms with van der Waals surface area (Å²) in [4.78, 5) is 0. The first-order valence-corrected chi connectivity index (χ1v) is 6.68. The highest BCUT2D eigenvalue weighted by atomic mass is 19.4. The van der Waals surface area contributed by atoms with Crippen LogP contribution in [0.1, 0.15) is 52.4 Å². The van der Waals surface area contributed by atoms with Gasteiger partial charge in [-0.25, -0.2) is 0 Å². The van der Waals surface area contributed by atoms with E-state index in [9.17, 15) is 13.2 Å². The first-order valence-electron chi connectivity index (χ1n) is 6.68. The van der Waals surface area contributed by atoms with Crippen molar-refractivity contribution in [1.29, 1.82) is 0 Å². The Morgan fingerprint density at radius 1 is 1.12 bits per heavy atom. The molecule has 3 unspecified atom stereocenters. The molecule has 17 heavy (non-hydrogen) atoms. The van der Waals surface area contributed by atoms with E-state index in [4.69, 9.17) is 0 Å². The van der Waals surface area contributed by atoms with Crippen LogP contribution in [0, 0.1) is 11.8 Å². The number of unbranched alkanes of at least 4 members (excludes halogenated alkanes) is 1. The molecule has 1 fully saturated rings. The van der Waals surface area contributed by atoms with E-state index in [0.29, 0.717) is 18.4 Å². The van der Waals surface area contributed by atoms with Crippen LogP contribution in [0.5, 0.6) is 0 Å². The number of hydrogen-bond donors (Lipinski definition) is 1. The SMILES string of the molecule is CC1CCC(C)C(NCCCCC(F)(F)F)C1. The van der Waals surface area contributed by atoms with Gasteiger partial charge < -0.3 is 5.32 Å². The largest absolute Gasteiger partial charge is 0.389 e. The van der Waals surface area contributed by atoms with Gasteiger partial charge in [0, 0.05) is 12.5 Å². The molecule has 1 rings (SSSR count). The van der Waals surface area contributed by atoms with E-state index in [2.05, 4.69) is 19.2 Å². The van der Waals surface area contributed by atoms with E-state index in [1.807, 2.05) is 0 Å². The fourth-order valence-electron chi connectivity index (χ4n) is 2.55. The zero-order valence-electron chi connectivity index (χ0n) is 10.8. The summed E-state index contributed by atoms with van der Waals surface area (Å²) in [7, 11) is 0. The molecule has 0 radical (unpaired) electrons. The summed E-state index contributed by atoms with van der Waals surface area (Å²) in [5.74, 6) is 1.41. The van der Waals surface area contributed by atoms with Gasteiger partial charge in [-0.1, -0.05) is 20.3 Å². The maximum absolute atomic E-state index is 11.9. The summed E-state index contributed by atoms with van der Waals surface area (Å²) in [6, 6.07) is 0.504. The van der Waals surface area contributed by atoms with Crippen LogP contribution in [0.2, 0.25) is 0 Å². The van der Waals surface area contributed by atoms with E-state index >= 15 is 0 Å². The first kappa shape index (κ1) is 14.8. The highest BCUT2D eigenvalue weighted by molar-refractivity contribution is 4.81. The van der Waals surface area contributed by atoms with Crippen molar-refractivity contribution in [2.24, 2.45) is 11.8 Å². The predicted molar refractivity (Wildman–Crippen MR) is 63.9 cm³/mol. The van der Waals surface area contributed by atoms with Crippen molar-refractivity contribution >= 4 is 0 Å². The van der Waals surface area contributed by atoms with Gasteiger partial charge in [0.25, 0.3) is 0 Å². The molecule has 0 aromatic carbocycles. The molecule has 1 aliphatic carbocycles. The minimum absolute atomic E-state index is 0.243. The molecule has 1 N–H and O–H groups in total. The molecule has 102 valence electrons. The third-order valence-corrected chi connectivity index (χ3v) is 3.75. The standard InChI is InChI=1S/C13H24F3N/c1-10-5-6-11(2)12(9-10)17-8-4-3-7-13(14,15)16/h10-12,17H,3-9H2,1-2H3. The summed E-state index contributed by atoms with van der Waals surface area (Å²) in [6.45, 7) is 5.21. The molecule has 0 spiro atoms. The monoisotopic (exact) mass is 251 g/mol. The molecule has 0 bridgehead atoms. The molecule has 0 aromatic rings. The molecule has 4 heteroatoms. The van der Waals surface area contributed by atoms with Gasteiger partial charge in [-0.15, -0.1) is 0 Å². The molecule has 0 aliphatic heterocycles. The van der Waals surface area contributed by atoms with Crippen LogP contribution >= 0.6 is 0 Å².